The molecule has 0 aliphatic heterocycles. The van der Waals surface area contributed by atoms with Crippen LogP contribution in [0.25, 0.3) is 0 Å². The Labute approximate surface area is 96.8 Å². The first-order valence-corrected chi connectivity index (χ1v) is 5.42. The minimum Gasteiger partial charge on any atom is -0.256 e. The van der Waals surface area contributed by atoms with Crippen molar-refractivity contribution in [2.24, 2.45) is 5.41 Å². The van der Waals surface area contributed by atoms with E-state index in [1.165, 1.54) is 11.1 Å². The highest BCUT2D eigenvalue weighted by molar-refractivity contribution is 6.44. The van der Waals surface area contributed by atoms with Gasteiger partial charge in [0.25, 0.3) is 7.11 Å². The highest BCUT2D eigenvalue weighted by Crippen LogP contribution is 2.30. The molecule has 0 amide bonds. The van der Waals surface area contributed by atoms with E-state index < -0.39 is 0 Å². The third-order valence-corrected chi connectivity index (χ3v) is 3.01. The van der Waals surface area contributed by atoms with E-state index in [1.54, 1.807) is 7.11 Å². The predicted octanol–water partition coefficient (Wildman–Crippen LogP) is 3.78. The molecule has 0 spiro atoms. The normalized spacial score (nSPS) is 23.1. The lowest BCUT2D eigenvalue weighted by Crippen LogP contribution is -2.10. The first-order valence-electron chi connectivity index (χ1n) is 5.04. The van der Waals surface area contributed by atoms with Crippen LogP contribution in [0.3, 0.4) is 0 Å². The quantitative estimate of drug-likeness (QED) is 0.556. The lowest BCUT2D eigenvalue weighted by Gasteiger charge is -2.22. The Morgan fingerprint density at radius 3 is 2.27 bits per heavy atom. The maximum atomic E-state index is 6.09. The summed E-state index contributed by atoms with van der Waals surface area (Å²) >= 11 is 6.09. The summed E-state index contributed by atoms with van der Waals surface area (Å²) in [5, 5.41) is 0.665. The fourth-order valence-electron chi connectivity index (χ4n) is 1.33. The first kappa shape index (κ1) is 12.3. The summed E-state index contributed by atoms with van der Waals surface area (Å²) in [4.78, 5) is 0. The maximum Gasteiger partial charge on any atom is 0.361 e. The highest BCUT2D eigenvalue weighted by atomic mass is 35.5. The van der Waals surface area contributed by atoms with Gasteiger partial charge in [-0.15, -0.1) is 0 Å². The molecule has 0 fully saturated rings. The molecule has 15 heavy (non-hydrogen) atoms. The molecule has 1 aliphatic rings. The molecular weight excluding hydrogens is 208 g/mol. The van der Waals surface area contributed by atoms with E-state index in [-0.39, 0.29) is 5.41 Å². The third kappa shape index (κ3) is 2.82. The van der Waals surface area contributed by atoms with E-state index in [0.29, 0.717) is 5.03 Å². The van der Waals surface area contributed by atoms with E-state index in [1.807, 2.05) is 18.2 Å². The zero-order chi connectivity index (χ0) is 11.6. The van der Waals surface area contributed by atoms with E-state index in [4.69, 9.17) is 16.0 Å². The number of rotatable bonds is 0. The summed E-state index contributed by atoms with van der Waals surface area (Å²) in [7, 11) is 1.63. The number of hydrogen-bond donors (Lipinski definition) is 0. The van der Waals surface area contributed by atoms with Crippen LogP contribution in [0.4, 0.5) is 0 Å². The molecule has 0 N–H and O–H groups in total. The number of ketones is 1. The van der Waals surface area contributed by atoms with E-state index in [2.05, 4.69) is 27.7 Å². The summed E-state index contributed by atoms with van der Waals surface area (Å²) in [5.74, 6) is 0.724. The van der Waals surface area contributed by atoms with Gasteiger partial charge in [0, 0.05) is 6.08 Å². The number of carbonyl (C=O) groups excluding carboxylic acids is 1. The van der Waals surface area contributed by atoms with Crippen molar-refractivity contribution in [3.05, 3.63) is 34.4 Å². The molecule has 0 atom stereocenters. The van der Waals surface area contributed by atoms with Crippen molar-refractivity contribution >= 4 is 17.4 Å². The highest BCUT2D eigenvalue weighted by Gasteiger charge is 2.21. The van der Waals surface area contributed by atoms with Gasteiger partial charge in [-0.1, -0.05) is 37.9 Å². The maximum absolute atomic E-state index is 6.09. The fraction of sp³-hybridized carbons (Fsp3) is 0.462. The summed E-state index contributed by atoms with van der Waals surface area (Å²) in [6.07, 6.45) is 5.92. The van der Waals surface area contributed by atoms with Gasteiger partial charge in [0.15, 0.2) is 0 Å². The second-order valence-corrected chi connectivity index (χ2v) is 5.13. The summed E-state index contributed by atoms with van der Waals surface area (Å²) in [5.41, 5.74) is 2.66. The van der Waals surface area contributed by atoms with E-state index in [0.717, 1.165) is 5.78 Å². The van der Waals surface area contributed by atoms with E-state index in [9.17, 15) is 0 Å². The topological polar surface area (TPSA) is 11.3 Å². The first-order chi connectivity index (χ1) is 6.86. The van der Waals surface area contributed by atoms with Gasteiger partial charge < -0.3 is 0 Å². The van der Waals surface area contributed by atoms with Crippen LogP contribution >= 0.6 is 11.6 Å². The predicted molar refractivity (Wildman–Crippen MR) is 66.2 cm³/mol. The smallest absolute Gasteiger partial charge is 0.256 e. The number of allylic oxidation sites excluding steroid dienone is 6. The van der Waals surface area contributed by atoms with Gasteiger partial charge in [-0.25, -0.2) is 0 Å². The van der Waals surface area contributed by atoms with Crippen molar-refractivity contribution in [1.29, 1.82) is 0 Å². The summed E-state index contributed by atoms with van der Waals surface area (Å²) in [6, 6.07) is 0. The summed E-state index contributed by atoms with van der Waals surface area (Å²) < 4.78 is 5.12. The third-order valence-electron chi connectivity index (χ3n) is 2.71. The molecule has 0 aromatic heterocycles. The Balaban J connectivity index is 3.15. The molecule has 0 unspecified atom stereocenters. The lowest BCUT2D eigenvalue weighted by atomic mass is 9.83. The van der Waals surface area contributed by atoms with Crippen LogP contribution in [0.15, 0.2) is 34.4 Å². The minimum atomic E-state index is 0.165. The van der Waals surface area contributed by atoms with Gasteiger partial charge >= 0.3 is 5.78 Å². The van der Waals surface area contributed by atoms with Crippen molar-refractivity contribution < 1.29 is 4.42 Å². The molecule has 1 rings (SSSR count). The van der Waals surface area contributed by atoms with Gasteiger partial charge in [-0.2, -0.15) is 0 Å². The molecule has 0 saturated heterocycles. The van der Waals surface area contributed by atoms with Crippen LogP contribution in [0.5, 0.6) is 0 Å². The van der Waals surface area contributed by atoms with Gasteiger partial charge in [0.05, 0.1) is 0 Å². The molecule has 0 aromatic rings. The molecule has 0 bridgehead atoms. The molecule has 1 nitrogen and oxygen atoms in total. The zero-order valence-electron chi connectivity index (χ0n) is 10.0. The second kappa shape index (κ2) is 4.36. The molecular formula is C13H18ClO+. The van der Waals surface area contributed by atoms with Crippen LogP contribution < -0.4 is 0 Å². The van der Waals surface area contributed by atoms with Crippen molar-refractivity contribution in [2.45, 2.75) is 27.7 Å². The van der Waals surface area contributed by atoms with Crippen molar-refractivity contribution in [1.82, 2.24) is 0 Å². The van der Waals surface area contributed by atoms with Gasteiger partial charge in [0.2, 0.25) is 0 Å². The average molecular weight is 226 g/mol. The lowest BCUT2D eigenvalue weighted by molar-refractivity contribution is -0.418. The number of halogens is 1. The van der Waals surface area contributed by atoms with Gasteiger partial charge in [-0.05, 0) is 30.1 Å². The molecule has 82 valence electrons. The Hall–Kier alpha value is -0.820. The van der Waals surface area contributed by atoms with Crippen LogP contribution in [0, 0.1) is 5.41 Å². The fourth-order valence-corrected chi connectivity index (χ4v) is 1.59. The molecule has 1 aliphatic carbocycles. The monoisotopic (exact) mass is 225 g/mol. The Kier molecular flexibility index (Phi) is 3.56. The van der Waals surface area contributed by atoms with Gasteiger partial charge in [-0.3, -0.25) is 4.42 Å². The average Bonchev–Trinajstić information content (AvgIpc) is 2.15. The summed E-state index contributed by atoms with van der Waals surface area (Å²) in [6.45, 7) is 8.72. The molecule has 0 saturated carbocycles. The van der Waals surface area contributed by atoms with Crippen molar-refractivity contribution in [3.8, 4) is 0 Å². The van der Waals surface area contributed by atoms with Crippen LogP contribution in [0.2, 0.25) is 0 Å². The van der Waals surface area contributed by atoms with Crippen LogP contribution in [-0.2, 0) is 4.42 Å². The standard InChI is InChI=1S/C13H18ClO/c1-9(13(2,3)4)10-6-7-12(15-5)11(14)8-10/h6-8H,1-5H3/q+1/b10-9+. The van der Waals surface area contributed by atoms with Crippen molar-refractivity contribution in [3.63, 3.8) is 0 Å². The Morgan fingerprint density at radius 1 is 1.27 bits per heavy atom. The Morgan fingerprint density at radius 2 is 1.87 bits per heavy atom. The molecule has 0 aromatic carbocycles. The van der Waals surface area contributed by atoms with Crippen LogP contribution in [0.1, 0.15) is 27.7 Å². The molecule has 0 heterocycles. The zero-order valence-corrected chi connectivity index (χ0v) is 10.8. The molecule has 2 heteroatoms. The van der Waals surface area contributed by atoms with E-state index >= 15 is 0 Å². The minimum absolute atomic E-state index is 0.165. The molecule has 0 radical (unpaired) electrons. The van der Waals surface area contributed by atoms with Crippen LogP contribution in [-0.4, -0.2) is 12.9 Å². The number of hydrogen-bond acceptors (Lipinski definition) is 0. The van der Waals surface area contributed by atoms with Gasteiger partial charge in [0.1, 0.15) is 5.03 Å². The largest absolute Gasteiger partial charge is 0.361 e. The Bertz CT molecular complexity index is 376. The second-order valence-electron chi connectivity index (χ2n) is 4.72. The van der Waals surface area contributed by atoms with Crippen molar-refractivity contribution in [2.75, 3.05) is 7.11 Å². The SMILES string of the molecule is C[O+]=C1C=C/C(=C(/C)C(C)(C)C)C=C1Cl.